The van der Waals surface area contributed by atoms with Crippen LogP contribution in [0, 0.1) is 0 Å². The van der Waals surface area contributed by atoms with Crippen molar-refractivity contribution < 1.29 is 49.3 Å². The fourth-order valence-corrected chi connectivity index (χ4v) is 9.43. The van der Waals surface area contributed by atoms with Crippen LogP contribution in [0.15, 0.2) is 72.9 Å². The van der Waals surface area contributed by atoms with Gasteiger partial charge in [0.2, 0.25) is 5.91 Å². The van der Waals surface area contributed by atoms with Crippen LogP contribution in [0.1, 0.15) is 271 Å². The van der Waals surface area contributed by atoms with Gasteiger partial charge in [-0.2, -0.15) is 0 Å². The third-order valence-corrected chi connectivity index (χ3v) is 14.5. The number of carbonyl (C=O) groups is 2. The van der Waals surface area contributed by atoms with Crippen LogP contribution in [0.5, 0.6) is 0 Å². The summed E-state index contributed by atoms with van der Waals surface area (Å²) in [7, 11) is 0. The molecular weight excluding hydrogens is 967 g/mol. The Bertz CT molecular complexity index is 1510. The van der Waals surface area contributed by atoms with E-state index in [0.717, 1.165) is 103 Å². The van der Waals surface area contributed by atoms with Crippen molar-refractivity contribution in [1.82, 2.24) is 5.32 Å². The van der Waals surface area contributed by atoms with Crippen LogP contribution in [0.2, 0.25) is 0 Å². The summed E-state index contributed by atoms with van der Waals surface area (Å²) in [6.45, 7) is 4.26. The molecule has 1 fully saturated rings. The minimum atomic E-state index is -1.59. The zero-order chi connectivity index (χ0) is 55.9. The average Bonchev–Trinajstić information content (AvgIpc) is 3.43. The van der Waals surface area contributed by atoms with Gasteiger partial charge in [-0.1, -0.05) is 215 Å². The topological polar surface area (TPSA) is 175 Å². The van der Waals surface area contributed by atoms with Gasteiger partial charge in [-0.15, -0.1) is 0 Å². The van der Waals surface area contributed by atoms with Crippen LogP contribution in [0.4, 0.5) is 0 Å². The van der Waals surface area contributed by atoms with Crippen molar-refractivity contribution >= 4 is 11.9 Å². The first-order valence-corrected chi connectivity index (χ1v) is 31.7. The molecule has 1 saturated heterocycles. The van der Waals surface area contributed by atoms with Crippen molar-refractivity contribution in [1.29, 1.82) is 0 Å². The van der Waals surface area contributed by atoms with E-state index >= 15 is 0 Å². The second kappa shape index (κ2) is 55.0. The summed E-state index contributed by atoms with van der Waals surface area (Å²) >= 11 is 0. The van der Waals surface area contributed by atoms with Gasteiger partial charge in [0.05, 0.1) is 32.0 Å². The molecule has 7 unspecified atom stereocenters. The number of amides is 1. The van der Waals surface area contributed by atoms with Gasteiger partial charge in [0.1, 0.15) is 24.4 Å². The van der Waals surface area contributed by atoms with Crippen molar-refractivity contribution in [2.75, 3.05) is 19.8 Å². The molecule has 0 radical (unpaired) electrons. The molecule has 1 amide bonds. The van der Waals surface area contributed by atoms with Crippen molar-refractivity contribution in [3.8, 4) is 0 Å². The van der Waals surface area contributed by atoms with Crippen LogP contribution in [-0.4, -0.2) is 100 Å². The van der Waals surface area contributed by atoms with Gasteiger partial charge in [-0.25, -0.2) is 0 Å². The number of hydrogen-bond acceptors (Lipinski definition) is 10. The standard InChI is InChI=1S/C66H117NO10/c1-3-5-7-9-11-13-15-17-29-32-36-40-44-48-52-59(69)58(57-76-66-65(74)64(73)63(72)60(56-68)77-66)67-61(70)53-49-45-41-37-33-30-27-25-23-21-19-18-20-22-24-26-28-31-35-39-43-47-51-55-75-62(71)54-50-46-42-38-34-16-14-12-10-8-6-4-2/h12-15,18,20-21,23,32,36,48,52,58-60,63-66,68-69,72-74H,3-11,16-17,19,22,24-31,33-35,37-47,49-51,53-57H2,1-2H3,(H,67,70)/b14-12-,15-13+,20-18-,23-21-,36-32+,52-48+. The van der Waals surface area contributed by atoms with E-state index in [1.807, 2.05) is 6.08 Å². The molecule has 0 aromatic heterocycles. The predicted molar refractivity (Wildman–Crippen MR) is 319 cm³/mol. The lowest BCUT2D eigenvalue weighted by Gasteiger charge is -2.40. The number of esters is 1. The van der Waals surface area contributed by atoms with Gasteiger partial charge >= 0.3 is 5.97 Å². The fraction of sp³-hybridized carbons (Fsp3) is 0.788. The monoisotopic (exact) mass is 1080 g/mol. The summed E-state index contributed by atoms with van der Waals surface area (Å²) in [4.78, 5) is 25.1. The highest BCUT2D eigenvalue weighted by Crippen LogP contribution is 2.23. The predicted octanol–water partition coefficient (Wildman–Crippen LogP) is 15.2. The maximum atomic E-state index is 13.0. The zero-order valence-corrected chi connectivity index (χ0v) is 49.2. The summed E-state index contributed by atoms with van der Waals surface area (Å²) in [5.74, 6) is -0.225. The number of nitrogens with one attached hydrogen (secondary N) is 1. The van der Waals surface area contributed by atoms with Crippen molar-refractivity contribution in [3.63, 3.8) is 0 Å². The number of aliphatic hydroxyl groups is 5. The van der Waals surface area contributed by atoms with Gasteiger partial charge in [0, 0.05) is 12.8 Å². The molecule has 1 aliphatic rings. The van der Waals surface area contributed by atoms with E-state index in [4.69, 9.17) is 14.2 Å². The summed E-state index contributed by atoms with van der Waals surface area (Å²) in [6.07, 6.45) is 62.8. The molecule has 1 heterocycles. The molecular formula is C66H117NO10. The van der Waals surface area contributed by atoms with E-state index in [2.05, 4.69) is 79.9 Å². The molecule has 0 aliphatic carbocycles. The maximum Gasteiger partial charge on any atom is 0.305 e. The Labute approximate surface area is 471 Å². The van der Waals surface area contributed by atoms with Crippen molar-refractivity contribution in [3.05, 3.63) is 72.9 Å². The quantitative estimate of drug-likeness (QED) is 0.0195. The van der Waals surface area contributed by atoms with Gasteiger partial charge < -0.3 is 45.1 Å². The Morgan fingerprint density at radius 1 is 0.481 bits per heavy atom. The van der Waals surface area contributed by atoms with Gasteiger partial charge in [0.15, 0.2) is 6.29 Å². The van der Waals surface area contributed by atoms with Crippen LogP contribution in [0.25, 0.3) is 0 Å². The first-order chi connectivity index (χ1) is 37.7. The highest BCUT2D eigenvalue weighted by Gasteiger charge is 2.44. The number of carbonyl (C=O) groups excluding carboxylic acids is 2. The third-order valence-electron chi connectivity index (χ3n) is 14.5. The molecule has 77 heavy (non-hydrogen) atoms. The first-order valence-electron chi connectivity index (χ1n) is 31.7. The molecule has 6 N–H and O–H groups in total. The van der Waals surface area contributed by atoms with Crippen LogP contribution >= 0.6 is 0 Å². The third kappa shape index (κ3) is 44.5. The molecule has 0 aromatic carbocycles. The molecule has 0 saturated carbocycles. The molecule has 11 heteroatoms. The Balaban J connectivity index is 2.10. The lowest BCUT2D eigenvalue weighted by molar-refractivity contribution is -0.302. The Morgan fingerprint density at radius 2 is 0.883 bits per heavy atom. The van der Waals surface area contributed by atoms with E-state index in [1.165, 1.54) is 141 Å². The van der Waals surface area contributed by atoms with Gasteiger partial charge in [0.25, 0.3) is 0 Å². The zero-order valence-electron chi connectivity index (χ0n) is 49.2. The molecule has 0 bridgehead atoms. The summed E-state index contributed by atoms with van der Waals surface area (Å²) in [5, 5.41) is 54.4. The number of allylic oxidation sites excluding steroid dienone is 11. The fourth-order valence-electron chi connectivity index (χ4n) is 9.43. The van der Waals surface area contributed by atoms with Crippen LogP contribution < -0.4 is 5.32 Å². The largest absolute Gasteiger partial charge is 0.466 e. The average molecular weight is 1080 g/mol. The molecule has 446 valence electrons. The minimum absolute atomic E-state index is 0.0164. The number of ether oxygens (including phenoxy) is 3. The van der Waals surface area contributed by atoms with Crippen molar-refractivity contribution in [2.24, 2.45) is 0 Å². The lowest BCUT2D eigenvalue weighted by atomic mass is 9.99. The van der Waals surface area contributed by atoms with Crippen LogP contribution in [-0.2, 0) is 23.8 Å². The molecule has 7 atom stereocenters. The van der Waals surface area contributed by atoms with Gasteiger partial charge in [-0.3, -0.25) is 9.59 Å². The second-order valence-electron chi connectivity index (χ2n) is 21.7. The second-order valence-corrected chi connectivity index (χ2v) is 21.7. The molecule has 1 aliphatic heterocycles. The maximum absolute atomic E-state index is 13.0. The molecule has 1 rings (SSSR count). The Hall–Kier alpha value is -2.90. The van der Waals surface area contributed by atoms with E-state index in [9.17, 15) is 35.1 Å². The Kier molecular flexibility index (Phi) is 51.5. The van der Waals surface area contributed by atoms with Gasteiger partial charge in [-0.05, 0) is 116 Å². The van der Waals surface area contributed by atoms with E-state index in [-0.39, 0.29) is 18.5 Å². The minimum Gasteiger partial charge on any atom is -0.466 e. The first kappa shape index (κ1) is 72.1. The number of rotatable bonds is 54. The number of aliphatic hydroxyl groups excluding tert-OH is 5. The van der Waals surface area contributed by atoms with Crippen molar-refractivity contribution in [2.45, 2.75) is 314 Å². The highest BCUT2D eigenvalue weighted by atomic mass is 16.7. The summed E-state index contributed by atoms with van der Waals surface area (Å²) in [6, 6.07) is -0.844. The normalized spacial score (nSPS) is 19.1. The number of unbranched alkanes of at least 4 members (excludes halogenated alkanes) is 30. The van der Waals surface area contributed by atoms with Crippen LogP contribution in [0.3, 0.4) is 0 Å². The molecule has 0 spiro atoms. The number of hydrogen-bond donors (Lipinski definition) is 6. The lowest BCUT2D eigenvalue weighted by Crippen LogP contribution is -2.60. The summed E-state index contributed by atoms with van der Waals surface area (Å²) < 4.78 is 16.7. The van der Waals surface area contributed by atoms with E-state index in [1.54, 1.807) is 6.08 Å². The SMILES string of the molecule is CCCCC/C=C\CCCCCCCC(=O)OCCCCCCCCCCC/C=C\C/C=C\CCCCCCCCCC(=O)NC(COC1OC(CO)C(O)C(O)C1O)C(O)/C=C/CC/C=C/CC/C=C/CCCCCC. The van der Waals surface area contributed by atoms with E-state index < -0.39 is 49.5 Å². The van der Waals surface area contributed by atoms with E-state index in [0.29, 0.717) is 19.4 Å². The molecule has 0 aromatic rings. The Morgan fingerprint density at radius 3 is 1.39 bits per heavy atom. The highest BCUT2D eigenvalue weighted by molar-refractivity contribution is 5.76. The summed E-state index contributed by atoms with van der Waals surface area (Å²) in [5.41, 5.74) is 0. The smallest absolute Gasteiger partial charge is 0.305 e. The molecule has 11 nitrogen and oxygen atoms in total.